The monoisotopic (exact) mass is 299 g/mol. The summed E-state index contributed by atoms with van der Waals surface area (Å²) in [6.45, 7) is 1.77. The topological polar surface area (TPSA) is 80.3 Å². The van der Waals surface area contributed by atoms with Gasteiger partial charge >= 0.3 is 0 Å². The minimum Gasteiger partial charge on any atom is -0.495 e. The number of anilines is 1. The van der Waals surface area contributed by atoms with Crippen molar-refractivity contribution in [2.45, 2.75) is 13.5 Å². The summed E-state index contributed by atoms with van der Waals surface area (Å²) in [5, 5.41) is 5.51. The number of nitrogens with one attached hydrogen (secondary N) is 2. The van der Waals surface area contributed by atoms with E-state index in [1.165, 1.54) is 14.0 Å². The van der Waals surface area contributed by atoms with Gasteiger partial charge in [0, 0.05) is 31.4 Å². The maximum atomic E-state index is 12.0. The Labute approximate surface area is 128 Å². The molecule has 1 aromatic carbocycles. The van der Waals surface area contributed by atoms with E-state index in [2.05, 4.69) is 15.6 Å². The molecule has 0 atom stereocenters. The molecule has 114 valence electrons. The van der Waals surface area contributed by atoms with Gasteiger partial charge in [-0.3, -0.25) is 14.6 Å². The summed E-state index contributed by atoms with van der Waals surface area (Å²) in [6.07, 6.45) is 3.13. The molecule has 0 saturated heterocycles. The molecule has 0 aliphatic rings. The summed E-state index contributed by atoms with van der Waals surface area (Å²) in [6, 6.07) is 8.64. The second-order valence-electron chi connectivity index (χ2n) is 4.63. The maximum absolute atomic E-state index is 12.0. The van der Waals surface area contributed by atoms with E-state index in [1.54, 1.807) is 36.7 Å². The Morgan fingerprint density at radius 2 is 1.91 bits per heavy atom. The van der Waals surface area contributed by atoms with Crippen molar-refractivity contribution in [3.8, 4) is 5.75 Å². The Balaban J connectivity index is 2.07. The molecule has 6 heteroatoms. The third-order valence-corrected chi connectivity index (χ3v) is 2.97. The van der Waals surface area contributed by atoms with Crippen molar-refractivity contribution in [2.24, 2.45) is 0 Å². The molecule has 0 aliphatic carbocycles. The van der Waals surface area contributed by atoms with Crippen LogP contribution in [0.3, 0.4) is 0 Å². The van der Waals surface area contributed by atoms with E-state index in [0.29, 0.717) is 23.5 Å². The van der Waals surface area contributed by atoms with Crippen LogP contribution in [0.25, 0.3) is 0 Å². The van der Waals surface area contributed by atoms with Crippen LogP contribution in [0, 0.1) is 0 Å². The lowest BCUT2D eigenvalue weighted by atomic mass is 10.1. The van der Waals surface area contributed by atoms with Gasteiger partial charge in [0.25, 0.3) is 5.91 Å². The fourth-order valence-electron chi connectivity index (χ4n) is 1.94. The smallest absolute Gasteiger partial charge is 0.251 e. The zero-order chi connectivity index (χ0) is 15.9. The number of carbonyl (C=O) groups excluding carboxylic acids is 2. The first kappa shape index (κ1) is 15.5. The highest BCUT2D eigenvalue weighted by atomic mass is 16.5. The van der Waals surface area contributed by atoms with Crippen molar-refractivity contribution in [1.82, 2.24) is 10.3 Å². The molecule has 0 spiro atoms. The van der Waals surface area contributed by atoms with Crippen molar-refractivity contribution in [3.63, 3.8) is 0 Å². The first-order valence-corrected chi connectivity index (χ1v) is 6.73. The number of nitrogens with zero attached hydrogens (tertiary/aromatic N) is 1. The first-order valence-electron chi connectivity index (χ1n) is 6.73. The van der Waals surface area contributed by atoms with E-state index in [9.17, 15) is 9.59 Å². The molecule has 1 heterocycles. The van der Waals surface area contributed by atoms with Crippen molar-refractivity contribution >= 4 is 17.5 Å². The van der Waals surface area contributed by atoms with E-state index in [-0.39, 0.29) is 11.8 Å². The Kier molecular flexibility index (Phi) is 5.08. The molecule has 6 nitrogen and oxygen atoms in total. The van der Waals surface area contributed by atoms with Crippen LogP contribution >= 0.6 is 0 Å². The van der Waals surface area contributed by atoms with Gasteiger partial charge in [-0.05, 0) is 29.8 Å². The van der Waals surface area contributed by atoms with Gasteiger partial charge in [-0.1, -0.05) is 6.07 Å². The molecule has 0 aliphatic heterocycles. The quantitative estimate of drug-likeness (QED) is 0.884. The summed E-state index contributed by atoms with van der Waals surface area (Å²) in [5.74, 6) is 0.204. The zero-order valence-corrected chi connectivity index (χ0v) is 12.4. The summed E-state index contributed by atoms with van der Waals surface area (Å²) in [4.78, 5) is 27.0. The van der Waals surface area contributed by atoms with Crippen molar-refractivity contribution in [1.29, 1.82) is 0 Å². The lowest BCUT2D eigenvalue weighted by molar-refractivity contribution is -0.114. The third kappa shape index (κ3) is 4.05. The van der Waals surface area contributed by atoms with E-state index >= 15 is 0 Å². The number of rotatable bonds is 5. The molecule has 2 N–H and O–H groups in total. The molecule has 0 bridgehead atoms. The Bertz CT molecular complexity index is 672. The van der Waals surface area contributed by atoms with Gasteiger partial charge in [0.05, 0.1) is 12.8 Å². The predicted octanol–water partition coefficient (Wildman–Crippen LogP) is 1.98. The summed E-state index contributed by atoms with van der Waals surface area (Å²) in [5.41, 5.74) is 1.98. The van der Waals surface area contributed by atoms with Crippen LogP contribution in [0.2, 0.25) is 0 Å². The largest absolute Gasteiger partial charge is 0.495 e. The molecule has 0 radical (unpaired) electrons. The fourth-order valence-corrected chi connectivity index (χ4v) is 1.94. The summed E-state index contributed by atoms with van der Waals surface area (Å²) in [7, 11) is 1.53. The molecule has 2 amide bonds. The maximum Gasteiger partial charge on any atom is 0.251 e. The van der Waals surface area contributed by atoms with Gasteiger partial charge in [-0.2, -0.15) is 0 Å². The standard InChI is InChI=1S/C16H17N3O3/c1-11(20)19-14-9-12(3-4-15(14)22-2)10-18-16(21)13-5-7-17-8-6-13/h3-9H,10H2,1-2H3,(H,18,21)(H,19,20). The minimum atomic E-state index is -0.184. The average molecular weight is 299 g/mol. The van der Waals surface area contributed by atoms with Gasteiger partial charge in [0.15, 0.2) is 0 Å². The number of pyridine rings is 1. The third-order valence-electron chi connectivity index (χ3n) is 2.97. The number of ether oxygens (including phenoxy) is 1. The van der Waals surface area contributed by atoms with Crippen LogP contribution in [0.4, 0.5) is 5.69 Å². The van der Waals surface area contributed by atoms with Gasteiger partial charge in [-0.25, -0.2) is 0 Å². The van der Waals surface area contributed by atoms with E-state index in [1.807, 2.05) is 6.07 Å². The van der Waals surface area contributed by atoms with Crippen molar-refractivity contribution in [3.05, 3.63) is 53.9 Å². The number of amides is 2. The Morgan fingerprint density at radius 1 is 1.18 bits per heavy atom. The van der Waals surface area contributed by atoms with Gasteiger partial charge in [0.1, 0.15) is 5.75 Å². The van der Waals surface area contributed by atoms with Crippen LogP contribution in [0.1, 0.15) is 22.8 Å². The van der Waals surface area contributed by atoms with Crippen LogP contribution in [0.5, 0.6) is 5.75 Å². The average Bonchev–Trinajstić information content (AvgIpc) is 2.53. The highest BCUT2D eigenvalue weighted by Crippen LogP contribution is 2.25. The number of aromatic nitrogens is 1. The molecule has 2 aromatic rings. The van der Waals surface area contributed by atoms with E-state index in [4.69, 9.17) is 4.74 Å². The molecular formula is C16H17N3O3. The predicted molar refractivity (Wildman–Crippen MR) is 82.7 cm³/mol. The van der Waals surface area contributed by atoms with E-state index in [0.717, 1.165) is 5.56 Å². The van der Waals surface area contributed by atoms with Crippen molar-refractivity contribution < 1.29 is 14.3 Å². The highest BCUT2D eigenvalue weighted by molar-refractivity contribution is 5.94. The van der Waals surface area contributed by atoms with Gasteiger partial charge in [0.2, 0.25) is 5.91 Å². The first-order chi connectivity index (χ1) is 10.6. The fraction of sp³-hybridized carbons (Fsp3) is 0.188. The van der Waals surface area contributed by atoms with Crippen molar-refractivity contribution in [2.75, 3.05) is 12.4 Å². The molecular weight excluding hydrogens is 282 g/mol. The van der Waals surface area contributed by atoms with E-state index < -0.39 is 0 Å². The number of hydrogen-bond acceptors (Lipinski definition) is 4. The molecule has 0 unspecified atom stereocenters. The summed E-state index contributed by atoms with van der Waals surface area (Å²) < 4.78 is 5.19. The Morgan fingerprint density at radius 3 is 2.55 bits per heavy atom. The molecule has 1 aromatic heterocycles. The van der Waals surface area contributed by atoms with Crippen LogP contribution < -0.4 is 15.4 Å². The van der Waals surface area contributed by atoms with Gasteiger partial charge < -0.3 is 15.4 Å². The van der Waals surface area contributed by atoms with Crippen LogP contribution in [-0.2, 0) is 11.3 Å². The normalized spacial score (nSPS) is 9.91. The van der Waals surface area contributed by atoms with Crippen LogP contribution in [-0.4, -0.2) is 23.9 Å². The van der Waals surface area contributed by atoms with Gasteiger partial charge in [-0.15, -0.1) is 0 Å². The molecule has 2 rings (SSSR count). The zero-order valence-electron chi connectivity index (χ0n) is 12.4. The molecule has 0 saturated carbocycles. The minimum absolute atomic E-state index is 0.181. The Hall–Kier alpha value is -2.89. The lowest BCUT2D eigenvalue weighted by Crippen LogP contribution is -2.22. The highest BCUT2D eigenvalue weighted by Gasteiger charge is 2.08. The number of hydrogen-bond donors (Lipinski definition) is 2. The molecule has 0 fully saturated rings. The number of carbonyl (C=O) groups is 2. The molecule has 22 heavy (non-hydrogen) atoms. The van der Waals surface area contributed by atoms with Crippen LogP contribution in [0.15, 0.2) is 42.7 Å². The SMILES string of the molecule is COc1ccc(CNC(=O)c2ccncc2)cc1NC(C)=O. The summed E-state index contributed by atoms with van der Waals surface area (Å²) >= 11 is 0. The second kappa shape index (κ2) is 7.21. The lowest BCUT2D eigenvalue weighted by Gasteiger charge is -2.11. The number of methoxy groups -OCH3 is 1. The number of benzene rings is 1. The second-order valence-corrected chi connectivity index (χ2v) is 4.63.